The molecule has 1 aromatic rings. The van der Waals surface area contributed by atoms with Gasteiger partial charge < -0.3 is 10.1 Å². The second-order valence-electron chi connectivity index (χ2n) is 4.89. The van der Waals surface area contributed by atoms with Gasteiger partial charge in [0, 0.05) is 5.69 Å². The van der Waals surface area contributed by atoms with Gasteiger partial charge in [0.2, 0.25) is 0 Å². The van der Waals surface area contributed by atoms with Crippen LogP contribution in [0.3, 0.4) is 0 Å². The molecule has 3 atom stereocenters. The Morgan fingerprint density at radius 1 is 1.37 bits per heavy atom. The molecule has 0 spiro atoms. The highest BCUT2D eigenvalue weighted by Crippen LogP contribution is 2.38. The highest BCUT2D eigenvalue weighted by Gasteiger charge is 2.41. The van der Waals surface area contributed by atoms with E-state index < -0.39 is 12.0 Å². The minimum absolute atomic E-state index is 0.0685. The first-order chi connectivity index (χ1) is 8.97. The van der Waals surface area contributed by atoms with Crippen molar-refractivity contribution >= 4 is 17.6 Å². The molecule has 0 aliphatic heterocycles. The van der Waals surface area contributed by atoms with E-state index in [1.54, 1.807) is 0 Å². The molecule has 4 nitrogen and oxygen atoms in total. The van der Waals surface area contributed by atoms with Crippen molar-refractivity contribution in [3.05, 3.63) is 30.1 Å². The number of esters is 1. The molecule has 1 aromatic carbocycles. The summed E-state index contributed by atoms with van der Waals surface area (Å²) < 4.78 is 17.8. The summed E-state index contributed by atoms with van der Waals surface area (Å²) in [5.41, 5.74) is 0.467. The summed E-state index contributed by atoms with van der Waals surface area (Å²) in [6.45, 7) is 3.49. The third kappa shape index (κ3) is 3.53. The molecule has 19 heavy (non-hydrogen) atoms. The Labute approximate surface area is 110 Å². The fourth-order valence-electron chi connectivity index (χ4n) is 1.74. The monoisotopic (exact) mass is 265 g/mol. The van der Waals surface area contributed by atoms with Crippen molar-refractivity contribution in [2.75, 3.05) is 5.32 Å². The maximum atomic E-state index is 12.7. The predicted octanol–water partition coefficient (Wildman–Crippen LogP) is 2.35. The Balaban J connectivity index is 1.85. The lowest BCUT2D eigenvalue weighted by Crippen LogP contribution is -2.30. The molecule has 0 heterocycles. The van der Waals surface area contributed by atoms with E-state index in [1.807, 2.05) is 6.92 Å². The van der Waals surface area contributed by atoms with Crippen LogP contribution in [0.2, 0.25) is 0 Å². The van der Waals surface area contributed by atoms with E-state index in [0.29, 0.717) is 11.6 Å². The number of rotatable bonds is 4. The zero-order chi connectivity index (χ0) is 14.0. The van der Waals surface area contributed by atoms with Crippen LogP contribution in [0.25, 0.3) is 0 Å². The quantitative estimate of drug-likeness (QED) is 0.850. The minimum atomic E-state index is -0.856. The van der Waals surface area contributed by atoms with Gasteiger partial charge in [0.15, 0.2) is 6.10 Å². The number of anilines is 1. The van der Waals surface area contributed by atoms with Crippen molar-refractivity contribution in [3.8, 4) is 0 Å². The van der Waals surface area contributed by atoms with Crippen LogP contribution in [0, 0.1) is 17.7 Å². The Kier molecular flexibility index (Phi) is 3.83. The van der Waals surface area contributed by atoms with Crippen LogP contribution in [0.4, 0.5) is 10.1 Å². The predicted molar refractivity (Wildman–Crippen MR) is 67.9 cm³/mol. The zero-order valence-electron chi connectivity index (χ0n) is 10.9. The summed E-state index contributed by atoms with van der Waals surface area (Å²) in [7, 11) is 0. The van der Waals surface area contributed by atoms with Crippen LogP contribution in [0.5, 0.6) is 0 Å². The summed E-state index contributed by atoms with van der Waals surface area (Å²) in [5, 5.41) is 2.56. The summed E-state index contributed by atoms with van der Waals surface area (Å²) >= 11 is 0. The second-order valence-corrected chi connectivity index (χ2v) is 4.89. The standard InChI is InChI=1S/C14H16FNO3/c1-8-7-12(8)14(18)19-9(2)13(17)16-11-5-3-10(15)4-6-11/h3-6,8-9,12H,7H2,1-2H3,(H,16,17)/t8-,9+,12+/m1/s1. The number of ether oxygens (including phenoxy) is 1. The normalized spacial score (nSPS) is 22.5. The van der Waals surface area contributed by atoms with Gasteiger partial charge in [-0.05, 0) is 43.5 Å². The maximum absolute atomic E-state index is 12.7. The first-order valence-corrected chi connectivity index (χ1v) is 6.24. The molecule has 0 saturated heterocycles. The van der Waals surface area contributed by atoms with Gasteiger partial charge >= 0.3 is 5.97 Å². The number of carbonyl (C=O) groups is 2. The third-order valence-electron chi connectivity index (χ3n) is 3.19. The highest BCUT2D eigenvalue weighted by atomic mass is 19.1. The number of carbonyl (C=O) groups excluding carboxylic acids is 2. The molecule has 1 aliphatic rings. The molecule has 0 radical (unpaired) electrons. The van der Waals surface area contributed by atoms with E-state index in [4.69, 9.17) is 4.74 Å². The molecule has 0 aromatic heterocycles. The molecule has 1 amide bonds. The van der Waals surface area contributed by atoms with Crippen LogP contribution >= 0.6 is 0 Å². The Hall–Kier alpha value is -1.91. The molecular weight excluding hydrogens is 249 g/mol. The molecule has 1 saturated carbocycles. The fraction of sp³-hybridized carbons (Fsp3) is 0.429. The SMILES string of the molecule is C[C@H](OC(=O)[C@H]1C[C@H]1C)C(=O)Nc1ccc(F)cc1. The average molecular weight is 265 g/mol. The van der Waals surface area contributed by atoms with Crippen molar-refractivity contribution in [3.63, 3.8) is 0 Å². The van der Waals surface area contributed by atoms with Gasteiger partial charge in [0.1, 0.15) is 5.82 Å². The number of nitrogens with one attached hydrogen (secondary N) is 1. The van der Waals surface area contributed by atoms with Gasteiger partial charge in [0.05, 0.1) is 5.92 Å². The molecular formula is C14H16FNO3. The molecule has 0 bridgehead atoms. The Bertz CT molecular complexity index is 486. The number of hydrogen-bond acceptors (Lipinski definition) is 3. The number of amides is 1. The lowest BCUT2D eigenvalue weighted by molar-refractivity contribution is -0.154. The first kappa shape index (κ1) is 13.5. The van der Waals surface area contributed by atoms with E-state index in [-0.39, 0.29) is 17.7 Å². The molecule has 102 valence electrons. The van der Waals surface area contributed by atoms with E-state index in [0.717, 1.165) is 6.42 Å². The van der Waals surface area contributed by atoms with Crippen molar-refractivity contribution < 1.29 is 18.7 Å². The highest BCUT2D eigenvalue weighted by molar-refractivity contribution is 5.95. The number of benzene rings is 1. The zero-order valence-corrected chi connectivity index (χ0v) is 10.9. The van der Waals surface area contributed by atoms with Crippen LogP contribution in [0.15, 0.2) is 24.3 Å². The maximum Gasteiger partial charge on any atom is 0.309 e. The summed E-state index contributed by atoms with van der Waals surface area (Å²) in [6.07, 6.45) is -0.0316. The van der Waals surface area contributed by atoms with E-state index in [9.17, 15) is 14.0 Å². The third-order valence-corrected chi connectivity index (χ3v) is 3.19. The van der Waals surface area contributed by atoms with Gasteiger partial charge in [-0.3, -0.25) is 9.59 Å². The molecule has 1 N–H and O–H groups in total. The molecule has 5 heteroatoms. The van der Waals surface area contributed by atoms with Crippen molar-refractivity contribution in [2.24, 2.45) is 11.8 Å². The van der Waals surface area contributed by atoms with Crippen molar-refractivity contribution in [2.45, 2.75) is 26.4 Å². The van der Waals surface area contributed by atoms with Crippen LogP contribution in [-0.4, -0.2) is 18.0 Å². The van der Waals surface area contributed by atoms with Crippen LogP contribution in [-0.2, 0) is 14.3 Å². The fourth-order valence-corrected chi connectivity index (χ4v) is 1.74. The minimum Gasteiger partial charge on any atom is -0.452 e. The first-order valence-electron chi connectivity index (χ1n) is 6.24. The van der Waals surface area contributed by atoms with Crippen LogP contribution < -0.4 is 5.32 Å². The van der Waals surface area contributed by atoms with Gasteiger partial charge in [-0.15, -0.1) is 0 Å². The summed E-state index contributed by atoms with van der Waals surface area (Å²) in [4.78, 5) is 23.4. The van der Waals surface area contributed by atoms with Gasteiger partial charge in [-0.2, -0.15) is 0 Å². The lowest BCUT2D eigenvalue weighted by Gasteiger charge is -2.13. The van der Waals surface area contributed by atoms with Gasteiger partial charge in [0.25, 0.3) is 5.91 Å². The lowest BCUT2D eigenvalue weighted by atomic mass is 10.3. The van der Waals surface area contributed by atoms with E-state index in [2.05, 4.69) is 5.32 Å². The van der Waals surface area contributed by atoms with E-state index >= 15 is 0 Å². The average Bonchev–Trinajstić information content (AvgIpc) is 3.09. The summed E-state index contributed by atoms with van der Waals surface area (Å²) in [6, 6.07) is 5.39. The second kappa shape index (κ2) is 5.38. The molecule has 1 fully saturated rings. The Morgan fingerprint density at radius 2 is 1.95 bits per heavy atom. The smallest absolute Gasteiger partial charge is 0.309 e. The largest absolute Gasteiger partial charge is 0.452 e. The topological polar surface area (TPSA) is 55.4 Å². The Morgan fingerprint density at radius 3 is 2.47 bits per heavy atom. The molecule has 2 rings (SSSR count). The number of halogens is 1. The summed E-state index contributed by atoms with van der Waals surface area (Å²) in [5.74, 6) is -0.844. The van der Waals surface area contributed by atoms with Gasteiger partial charge in [-0.25, -0.2) is 4.39 Å². The van der Waals surface area contributed by atoms with Crippen molar-refractivity contribution in [1.82, 2.24) is 0 Å². The molecule has 0 unspecified atom stereocenters. The van der Waals surface area contributed by atoms with E-state index in [1.165, 1.54) is 31.2 Å². The number of hydrogen-bond donors (Lipinski definition) is 1. The molecule has 1 aliphatic carbocycles. The van der Waals surface area contributed by atoms with Gasteiger partial charge in [-0.1, -0.05) is 6.92 Å². The van der Waals surface area contributed by atoms with Crippen molar-refractivity contribution in [1.29, 1.82) is 0 Å². The van der Waals surface area contributed by atoms with Crippen LogP contribution in [0.1, 0.15) is 20.3 Å².